The molecule has 0 amide bonds. The van der Waals surface area contributed by atoms with Crippen LogP contribution in [0.1, 0.15) is 40.0 Å². The van der Waals surface area contributed by atoms with Gasteiger partial charge in [0.15, 0.2) is 6.10 Å². The lowest BCUT2D eigenvalue weighted by atomic mass is 9.77. The van der Waals surface area contributed by atoms with E-state index in [1.807, 2.05) is 6.92 Å². The van der Waals surface area contributed by atoms with Gasteiger partial charge in [-0.05, 0) is 12.8 Å². The van der Waals surface area contributed by atoms with Crippen LogP contribution >= 0.6 is 0 Å². The lowest BCUT2D eigenvalue weighted by Crippen LogP contribution is -2.69. The van der Waals surface area contributed by atoms with E-state index in [0.29, 0.717) is 12.3 Å². The number of fused-ring (bicyclic) bond motifs is 3. The molecule has 0 radical (unpaired) electrons. The van der Waals surface area contributed by atoms with Gasteiger partial charge in [-0.15, -0.1) is 0 Å². The number of piperidine rings is 3. The SMILES string of the molecule is CCC1(OC(C)=O)C(OC(C)=O)C2CCN1CC2. The van der Waals surface area contributed by atoms with Crippen molar-refractivity contribution in [2.45, 2.75) is 51.9 Å². The lowest BCUT2D eigenvalue weighted by Gasteiger charge is -2.56. The molecule has 0 aromatic heterocycles. The van der Waals surface area contributed by atoms with E-state index in [1.165, 1.54) is 13.8 Å². The van der Waals surface area contributed by atoms with Crippen LogP contribution in [-0.4, -0.2) is 41.8 Å². The highest BCUT2D eigenvalue weighted by atomic mass is 16.6. The van der Waals surface area contributed by atoms with Crippen LogP contribution in [0, 0.1) is 5.92 Å². The van der Waals surface area contributed by atoms with Crippen molar-refractivity contribution in [2.24, 2.45) is 5.92 Å². The maximum Gasteiger partial charge on any atom is 0.304 e. The zero-order valence-electron chi connectivity index (χ0n) is 11.3. The molecule has 5 heteroatoms. The highest BCUT2D eigenvalue weighted by Crippen LogP contribution is 2.44. The second-order valence-corrected chi connectivity index (χ2v) is 5.15. The van der Waals surface area contributed by atoms with Crippen LogP contribution in [-0.2, 0) is 19.1 Å². The van der Waals surface area contributed by atoms with E-state index in [0.717, 1.165) is 25.9 Å². The summed E-state index contributed by atoms with van der Waals surface area (Å²) in [6.45, 7) is 6.60. The van der Waals surface area contributed by atoms with E-state index in [9.17, 15) is 9.59 Å². The summed E-state index contributed by atoms with van der Waals surface area (Å²) in [6.07, 6.45) is 2.31. The first kappa shape index (κ1) is 13.3. The van der Waals surface area contributed by atoms with Crippen LogP contribution in [0.4, 0.5) is 0 Å². The minimum atomic E-state index is -0.751. The Morgan fingerprint density at radius 1 is 1.22 bits per heavy atom. The van der Waals surface area contributed by atoms with E-state index in [2.05, 4.69) is 4.90 Å². The Morgan fingerprint density at radius 2 is 1.83 bits per heavy atom. The van der Waals surface area contributed by atoms with Gasteiger partial charge in [0, 0.05) is 39.3 Å². The maximum atomic E-state index is 11.4. The average Bonchev–Trinajstić information content (AvgIpc) is 2.32. The van der Waals surface area contributed by atoms with Crippen molar-refractivity contribution in [3.8, 4) is 0 Å². The molecule has 5 nitrogen and oxygen atoms in total. The Labute approximate surface area is 107 Å². The van der Waals surface area contributed by atoms with Crippen molar-refractivity contribution >= 4 is 11.9 Å². The van der Waals surface area contributed by atoms with E-state index in [-0.39, 0.29) is 18.0 Å². The molecule has 3 aliphatic heterocycles. The molecule has 0 aliphatic carbocycles. The number of ether oxygens (including phenoxy) is 2. The predicted molar refractivity (Wildman–Crippen MR) is 64.6 cm³/mol. The minimum Gasteiger partial charge on any atom is -0.456 e. The molecule has 0 spiro atoms. The van der Waals surface area contributed by atoms with Crippen LogP contribution < -0.4 is 0 Å². The summed E-state index contributed by atoms with van der Waals surface area (Å²) in [5.74, 6) is -0.321. The number of nitrogens with zero attached hydrogens (tertiary/aromatic N) is 1. The molecule has 3 saturated heterocycles. The second-order valence-electron chi connectivity index (χ2n) is 5.15. The summed E-state index contributed by atoms with van der Waals surface area (Å²) >= 11 is 0. The summed E-state index contributed by atoms with van der Waals surface area (Å²) in [5.41, 5.74) is -0.751. The monoisotopic (exact) mass is 255 g/mol. The summed E-state index contributed by atoms with van der Waals surface area (Å²) < 4.78 is 11.1. The quantitative estimate of drug-likeness (QED) is 0.712. The molecule has 2 bridgehead atoms. The van der Waals surface area contributed by atoms with Crippen molar-refractivity contribution in [2.75, 3.05) is 13.1 Å². The van der Waals surface area contributed by atoms with Gasteiger partial charge in [0.05, 0.1) is 0 Å². The van der Waals surface area contributed by atoms with Gasteiger partial charge in [0.25, 0.3) is 0 Å². The third-order valence-electron chi connectivity index (χ3n) is 4.07. The van der Waals surface area contributed by atoms with E-state index in [1.54, 1.807) is 0 Å². The summed E-state index contributed by atoms with van der Waals surface area (Å²) in [6, 6.07) is 0. The van der Waals surface area contributed by atoms with Crippen LogP contribution in [0.15, 0.2) is 0 Å². The zero-order chi connectivity index (χ0) is 13.3. The van der Waals surface area contributed by atoms with E-state index in [4.69, 9.17) is 9.47 Å². The number of carbonyl (C=O) groups excluding carboxylic acids is 2. The van der Waals surface area contributed by atoms with Gasteiger partial charge in [0.2, 0.25) is 5.72 Å². The molecule has 3 rings (SSSR count). The highest BCUT2D eigenvalue weighted by molar-refractivity contribution is 5.68. The zero-order valence-corrected chi connectivity index (χ0v) is 11.3. The summed E-state index contributed by atoms with van der Waals surface area (Å²) in [4.78, 5) is 24.8. The highest BCUT2D eigenvalue weighted by Gasteiger charge is 2.57. The molecule has 2 atom stereocenters. The smallest absolute Gasteiger partial charge is 0.304 e. The third-order valence-corrected chi connectivity index (χ3v) is 4.07. The van der Waals surface area contributed by atoms with Gasteiger partial charge in [-0.1, -0.05) is 6.92 Å². The number of hydrogen-bond donors (Lipinski definition) is 0. The van der Waals surface area contributed by atoms with Crippen molar-refractivity contribution in [1.29, 1.82) is 0 Å². The first-order valence-electron chi connectivity index (χ1n) is 6.61. The molecule has 0 saturated carbocycles. The Hall–Kier alpha value is -1.10. The van der Waals surface area contributed by atoms with Gasteiger partial charge in [-0.25, -0.2) is 0 Å². The van der Waals surface area contributed by atoms with Crippen molar-refractivity contribution in [3.05, 3.63) is 0 Å². The molecule has 3 aliphatic rings. The first-order valence-corrected chi connectivity index (χ1v) is 6.61. The van der Waals surface area contributed by atoms with Gasteiger partial charge in [0.1, 0.15) is 0 Å². The molecule has 0 aromatic carbocycles. The minimum absolute atomic E-state index is 0.304. The fourth-order valence-corrected chi connectivity index (χ4v) is 3.36. The van der Waals surface area contributed by atoms with Crippen molar-refractivity contribution < 1.29 is 19.1 Å². The molecule has 3 heterocycles. The summed E-state index contributed by atoms with van der Waals surface area (Å²) in [7, 11) is 0. The number of hydrogen-bond acceptors (Lipinski definition) is 5. The van der Waals surface area contributed by atoms with Crippen molar-refractivity contribution in [3.63, 3.8) is 0 Å². The van der Waals surface area contributed by atoms with Gasteiger partial charge >= 0.3 is 11.9 Å². The number of esters is 2. The molecular formula is C13H21NO4. The predicted octanol–water partition coefficient (Wildman–Crippen LogP) is 1.31. The van der Waals surface area contributed by atoms with Crippen molar-refractivity contribution in [1.82, 2.24) is 4.90 Å². The Morgan fingerprint density at radius 3 is 2.28 bits per heavy atom. The fourth-order valence-electron chi connectivity index (χ4n) is 3.36. The van der Waals surface area contributed by atoms with Gasteiger partial charge in [-0.2, -0.15) is 0 Å². The second kappa shape index (κ2) is 4.88. The molecule has 102 valence electrons. The summed E-state index contributed by atoms with van der Waals surface area (Å²) in [5, 5.41) is 0. The normalized spacial score (nSPS) is 38.3. The van der Waals surface area contributed by atoms with Crippen LogP contribution in [0.3, 0.4) is 0 Å². The van der Waals surface area contributed by atoms with Gasteiger partial charge in [-0.3, -0.25) is 14.5 Å². The lowest BCUT2D eigenvalue weighted by molar-refractivity contribution is -0.265. The topological polar surface area (TPSA) is 55.8 Å². The first-order chi connectivity index (χ1) is 8.49. The van der Waals surface area contributed by atoms with Crippen LogP contribution in [0.25, 0.3) is 0 Å². The molecule has 2 unspecified atom stereocenters. The van der Waals surface area contributed by atoms with E-state index >= 15 is 0 Å². The molecular weight excluding hydrogens is 234 g/mol. The van der Waals surface area contributed by atoms with E-state index < -0.39 is 5.72 Å². The Balaban J connectivity index is 2.31. The largest absolute Gasteiger partial charge is 0.456 e. The fraction of sp³-hybridized carbons (Fsp3) is 0.846. The molecule has 0 N–H and O–H groups in total. The third kappa shape index (κ3) is 2.11. The molecule has 18 heavy (non-hydrogen) atoms. The van der Waals surface area contributed by atoms with Crippen LogP contribution in [0.2, 0.25) is 0 Å². The van der Waals surface area contributed by atoms with Gasteiger partial charge < -0.3 is 9.47 Å². The molecule has 0 aromatic rings. The standard InChI is InChI=1S/C13H21NO4/c1-4-13(18-10(3)16)12(17-9(2)15)11-5-7-14(13)8-6-11/h11-12H,4-8H2,1-3H3. The average molecular weight is 255 g/mol. The molecule has 3 fully saturated rings. The Bertz CT molecular complexity index is 349. The number of rotatable bonds is 3. The van der Waals surface area contributed by atoms with Crippen LogP contribution in [0.5, 0.6) is 0 Å². The number of carbonyl (C=O) groups is 2. The Kier molecular flexibility index (Phi) is 3.61. The maximum absolute atomic E-state index is 11.4.